The van der Waals surface area contributed by atoms with Crippen LogP contribution < -0.4 is 5.32 Å². The zero-order valence-electron chi connectivity index (χ0n) is 18.0. The number of fused-ring (bicyclic) bond motifs is 1. The molecule has 1 fully saturated rings. The van der Waals surface area contributed by atoms with Gasteiger partial charge in [-0.2, -0.15) is 4.31 Å². The Bertz CT molecular complexity index is 1150. The first kappa shape index (κ1) is 23.7. The van der Waals surface area contributed by atoms with Gasteiger partial charge < -0.3 is 9.88 Å². The molecule has 0 saturated carbocycles. The van der Waals surface area contributed by atoms with E-state index in [0.717, 1.165) is 24.8 Å². The quantitative estimate of drug-likeness (QED) is 0.589. The molecule has 0 spiro atoms. The molecule has 1 aliphatic heterocycles. The summed E-state index contributed by atoms with van der Waals surface area (Å²) in [6.45, 7) is 2.76. The van der Waals surface area contributed by atoms with Crippen molar-refractivity contribution in [2.24, 2.45) is 7.05 Å². The van der Waals surface area contributed by atoms with Crippen molar-refractivity contribution in [3.05, 3.63) is 24.0 Å². The number of sulfonamides is 1. The summed E-state index contributed by atoms with van der Waals surface area (Å²) in [5.41, 5.74) is 1.37. The summed E-state index contributed by atoms with van der Waals surface area (Å²) >= 11 is 0. The number of sulfone groups is 1. The Hall–Kier alpha value is -1.98. The number of amides is 1. The standard InChI is InChI=1S/C20H30N4O5S2/c1-3-30(26,27)14-11-21-20(25)10-9-19-22-17-15-16(7-8-18(17)23(19)2)31(28,29)24-12-5-4-6-13-24/h7-8,15H,3-6,9-14H2,1-2H3,(H,21,25). The van der Waals surface area contributed by atoms with Gasteiger partial charge in [0, 0.05) is 45.3 Å². The van der Waals surface area contributed by atoms with Crippen LogP contribution in [-0.2, 0) is 38.1 Å². The van der Waals surface area contributed by atoms with Gasteiger partial charge in [-0.05, 0) is 31.0 Å². The van der Waals surface area contributed by atoms with Crippen molar-refractivity contribution in [3.8, 4) is 0 Å². The van der Waals surface area contributed by atoms with E-state index in [0.29, 0.717) is 30.9 Å². The normalized spacial score (nSPS) is 15.9. The highest BCUT2D eigenvalue weighted by molar-refractivity contribution is 7.91. The Morgan fingerprint density at radius 3 is 2.52 bits per heavy atom. The van der Waals surface area contributed by atoms with Gasteiger partial charge >= 0.3 is 0 Å². The van der Waals surface area contributed by atoms with E-state index in [1.807, 2.05) is 11.6 Å². The molecule has 0 unspecified atom stereocenters. The second-order valence-electron chi connectivity index (χ2n) is 7.79. The Morgan fingerprint density at radius 1 is 1.13 bits per heavy atom. The van der Waals surface area contributed by atoms with Crippen molar-refractivity contribution in [2.45, 2.75) is 43.9 Å². The number of aromatic nitrogens is 2. The maximum atomic E-state index is 12.9. The molecular formula is C20H30N4O5S2. The minimum absolute atomic E-state index is 0.0538. The fourth-order valence-electron chi connectivity index (χ4n) is 3.67. The lowest BCUT2D eigenvalue weighted by atomic mass is 10.2. The Kier molecular flexibility index (Phi) is 7.38. The van der Waals surface area contributed by atoms with E-state index in [4.69, 9.17) is 0 Å². The van der Waals surface area contributed by atoms with Crippen molar-refractivity contribution in [1.29, 1.82) is 0 Å². The van der Waals surface area contributed by atoms with Crippen LogP contribution in [0, 0.1) is 0 Å². The summed E-state index contributed by atoms with van der Waals surface area (Å²) in [7, 11) is -4.82. The molecule has 1 amide bonds. The molecule has 1 aliphatic rings. The lowest BCUT2D eigenvalue weighted by Gasteiger charge is -2.25. The van der Waals surface area contributed by atoms with Crippen LogP contribution in [0.1, 0.15) is 38.4 Å². The van der Waals surface area contributed by atoms with Crippen LogP contribution in [0.15, 0.2) is 23.1 Å². The van der Waals surface area contributed by atoms with Gasteiger partial charge in [0.25, 0.3) is 0 Å². The Balaban J connectivity index is 1.67. The smallest absolute Gasteiger partial charge is 0.243 e. The molecule has 1 aromatic heterocycles. The molecule has 11 heteroatoms. The summed E-state index contributed by atoms with van der Waals surface area (Å²) in [5, 5.41) is 2.62. The summed E-state index contributed by atoms with van der Waals surface area (Å²) in [6, 6.07) is 4.95. The first-order valence-electron chi connectivity index (χ1n) is 10.6. The van der Waals surface area contributed by atoms with Gasteiger partial charge in [-0.3, -0.25) is 4.79 Å². The summed E-state index contributed by atoms with van der Waals surface area (Å²) < 4.78 is 52.2. The number of imidazole rings is 1. The van der Waals surface area contributed by atoms with Crippen molar-refractivity contribution in [2.75, 3.05) is 31.1 Å². The molecule has 0 aliphatic carbocycles. The number of benzene rings is 1. The maximum absolute atomic E-state index is 12.9. The second-order valence-corrected chi connectivity index (χ2v) is 12.2. The van der Waals surface area contributed by atoms with Crippen LogP contribution in [0.3, 0.4) is 0 Å². The van der Waals surface area contributed by atoms with Crippen LogP contribution in [0.25, 0.3) is 11.0 Å². The third kappa shape index (κ3) is 5.64. The molecule has 1 aromatic carbocycles. The van der Waals surface area contributed by atoms with Gasteiger partial charge in [0.2, 0.25) is 15.9 Å². The number of hydrogen-bond donors (Lipinski definition) is 1. The van der Waals surface area contributed by atoms with E-state index in [1.54, 1.807) is 25.1 Å². The largest absolute Gasteiger partial charge is 0.355 e. The zero-order chi connectivity index (χ0) is 22.6. The number of piperidine rings is 1. The third-order valence-electron chi connectivity index (χ3n) is 5.65. The molecule has 2 aromatic rings. The van der Waals surface area contributed by atoms with Crippen molar-refractivity contribution >= 4 is 36.8 Å². The minimum atomic E-state index is -3.54. The average Bonchev–Trinajstić information content (AvgIpc) is 3.07. The Morgan fingerprint density at radius 2 is 1.84 bits per heavy atom. The molecule has 1 N–H and O–H groups in total. The minimum Gasteiger partial charge on any atom is -0.355 e. The van der Waals surface area contributed by atoms with Crippen LogP contribution >= 0.6 is 0 Å². The van der Waals surface area contributed by atoms with Gasteiger partial charge in [-0.1, -0.05) is 13.3 Å². The highest BCUT2D eigenvalue weighted by Gasteiger charge is 2.26. The second kappa shape index (κ2) is 9.66. The van der Waals surface area contributed by atoms with Crippen LogP contribution in [0.2, 0.25) is 0 Å². The molecule has 172 valence electrons. The van der Waals surface area contributed by atoms with Gasteiger partial charge in [-0.25, -0.2) is 21.8 Å². The monoisotopic (exact) mass is 470 g/mol. The molecule has 0 atom stereocenters. The number of nitrogens with one attached hydrogen (secondary N) is 1. The molecule has 1 saturated heterocycles. The highest BCUT2D eigenvalue weighted by atomic mass is 32.2. The van der Waals surface area contributed by atoms with Crippen LogP contribution in [0.4, 0.5) is 0 Å². The van der Waals surface area contributed by atoms with Gasteiger partial charge in [0.15, 0.2) is 9.84 Å². The molecule has 9 nitrogen and oxygen atoms in total. The van der Waals surface area contributed by atoms with Crippen molar-refractivity contribution in [3.63, 3.8) is 0 Å². The maximum Gasteiger partial charge on any atom is 0.243 e. The van der Waals surface area contributed by atoms with Gasteiger partial charge in [0.1, 0.15) is 5.82 Å². The first-order chi connectivity index (χ1) is 14.6. The lowest BCUT2D eigenvalue weighted by molar-refractivity contribution is -0.120. The van der Waals surface area contributed by atoms with E-state index in [2.05, 4.69) is 10.3 Å². The third-order valence-corrected chi connectivity index (χ3v) is 9.25. The molecule has 0 radical (unpaired) electrons. The number of rotatable bonds is 9. The zero-order valence-corrected chi connectivity index (χ0v) is 19.6. The number of carbonyl (C=O) groups is 1. The van der Waals surface area contributed by atoms with Crippen LogP contribution in [-0.4, -0.2) is 67.7 Å². The highest BCUT2D eigenvalue weighted by Crippen LogP contribution is 2.24. The van der Waals surface area contributed by atoms with E-state index >= 15 is 0 Å². The summed E-state index contributed by atoms with van der Waals surface area (Å²) in [6.07, 6.45) is 3.34. The molecule has 0 bridgehead atoms. The van der Waals surface area contributed by atoms with Crippen molar-refractivity contribution in [1.82, 2.24) is 19.2 Å². The SMILES string of the molecule is CCS(=O)(=O)CCNC(=O)CCc1nc2cc(S(=O)(=O)N3CCCCC3)ccc2n1C. The fourth-order valence-corrected chi connectivity index (χ4v) is 5.91. The molecule has 2 heterocycles. The predicted octanol–water partition coefficient (Wildman–Crippen LogP) is 1.23. The van der Waals surface area contributed by atoms with Crippen LogP contribution in [0.5, 0.6) is 0 Å². The topological polar surface area (TPSA) is 118 Å². The molecular weight excluding hydrogens is 440 g/mol. The number of aryl methyl sites for hydroxylation is 2. The van der Waals surface area contributed by atoms with E-state index < -0.39 is 19.9 Å². The van der Waals surface area contributed by atoms with E-state index in [1.165, 1.54) is 4.31 Å². The van der Waals surface area contributed by atoms with Gasteiger partial charge in [0.05, 0.1) is 21.7 Å². The fraction of sp³-hybridized carbons (Fsp3) is 0.600. The molecule has 31 heavy (non-hydrogen) atoms. The average molecular weight is 471 g/mol. The van der Waals surface area contributed by atoms with Gasteiger partial charge in [-0.15, -0.1) is 0 Å². The van der Waals surface area contributed by atoms with Crippen molar-refractivity contribution < 1.29 is 21.6 Å². The van der Waals surface area contributed by atoms with E-state index in [-0.39, 0.29) is 35.3 Å². The number of hydrogen-bond acceptors (Lipinski definition) is 6. The number of carbonyl (C=O) groups excluding carboxylic acids is 1. The molecule has 3 rings (SSSR count). The Labute approximate surface area is 183 Å². The number of nitrogens with zero attached hydrogens (tertiary/aromatic N) is 3. The van der Waals surface area contributed by atoms with E-state index in [9.17, 15) is 21.6 Å². The summed E-state index contributed by atoms with van der Waals surface area (Å²) in [4.78, 5) is 16.8. The lowest BCUT2D eigenvalue weighted by Crippen LogP contribution is -2.35. The summed E-state index contributed by atoms with van der Waals surface area (Å²) in [5.74, 6) is 0.402. The first-order valence-corrected chi connectivity index (χ1v) is 13.8. The predicted molar refractivity (Wildman–Crippen MR) is 119 cm³/mol.